The summed E-state index contributed by atoms with van der Waals surface area (Å²) in [4.78, 5) is 0. The van der Waals surface area contributed by atoms with E-state index in [2.05, 4.69) is 43.4 Å². The van der Waals surface area contributed by atoms with Gasteiger partial charge in [0.15, 0.2) is 0 Å². The smallest absolute Gasteiger partial charge is 0.0762 e. The molecule has 1 saturated carbocycles. The molecule has 1 fully saturated rings. The Morgan fingerprint density at radius 1 is 1.44 bits per heavy atom. The molecule has 0 aliphatic heterocycles. The minimum atomic E-state index is 0.456. The highest BCUT2D eigenvalue weighted by atomic mass is 15.3. The second-order valence-electron chi connectivity index (χ2n) is 5.24. The van der Waals surface area contributed by atoms with Crippen LogP contribution in [-0.2, 0) is 6.54 Å². The van der Waals surface area contributed by atoms with E-state index in [4.69, 9.17) is 0 Å². The molecule has 1 aromatic rings. The SMILES string of the molecule is CC(NCc1ccn(C(C)C)n1)C1CCC1. The van der Waals surface area contributed by atoms with E-state index in [0.717, 1.165) is 18.2 Å². The molecule has 2 rings (SSSR count). The van der Waals surface area contributed by atoms with Crippen LogP contribution in [0.25, 0.3) is 0 Å². The molecule has 1 heterocycles. The van der Waals surface area contributed by atoms with Gasteiger partial charge in [0.2, 0.25) is 0 Å². The Labute approximate surface area is 98.2 Å². The second-order valence-corrected chi connectivity index (χ2v) is 5.24. The molecular formula is C13H23N3. The summed E-state index contributed by atoms with van der Waals surface area (Å²) in [6, 6.07) is 3.20. The molecule has 1 aliphatic carbocycles. The summed E-state index contributed by atoms with van der Waals surface area (Å²) in [5.74, 6) is 0.896. The lowest BCUT2D eigenvalue weighted by Gasteiger charge is -2.31. The van der Waals surface area contributed by atoms with Crippen LogP contribution in [-0.4, -0.2) is 15.8 Å². The molecular weight excluding hydrogens is 198 g/mol. The van der Waals surface area contributed by atoms with Crippen LogP contribution < -0.4 is 5.32 Å². The molecule has 0 aromatic carbocycles. The van der Waals surface area contributed by atoms with Crippen LogP contribution in [0.3, 0.4) is 0 Å². The minimum absolute atomic E-state index is 0.456. The van der Waals surface area contributed by atoms with Crippen molar-refractivity contribution < 1.29 is 0 Å². The van der Waals surface area contributed by atoms with Gasteiger partial charge in [0.05, 0.1) is 5.69 Å². The summed E-state index contributed by atoms with van der Waals surface area (Å²) in [6.45, 7) is 7.50. The van der Waals surface area contributed by atoms with Gasteiger partial charge in [0, 0.05) is 24.8 Å². The highest BCUT2D eigenvalue weighted by Crippen LogP contribution is 2.29. The number of nitrogens with zero attached hydrogens (tertiary/aromatic N) is 2. The van der Waals surface area contributed by atoms with Crippen molar-refractivity contribution in [3.8, 4) is 0 Å². The Morgan fingerprint density at radius 2 is 2.19 bits per heavy atom. The van der Waals surface area contributed by atoms with Gasteiger partial charge in [-0.1, -0.05) is 6.42 Å². The van der Waals surface area contributed by atoms with Crippen LogP contribution in [0.15, 0.2) is 12.3 Å². The first-order valence-electron chi connectivity index (χ1n) is 6.44. The monoisotopic (exact) mass is 221 g/mol. The Hall–Kier alpha value is -0.830. The van der Waals surface area contributed by atoms with E-state index in [9.17, 15) is 0 Å². The zero-order valence-corrected chi connectivity index (χ0v) is 10.6. The first-order chi connectivity index (χ1) is 7.66. The first kappa shape index (κ1) is 11.6. The Morgan fingerprint density at radius 3 is 2.69 bits per heavy atom. The zero-order valence-electron chi connectivity index (χ0n) is 10.6. The summed E-state index contributed by atoms with van der Waals surface area (Å²) >= 11 is 0. The largest absolute Gasteiger partial charge is 0.308 e. The standard InChI is InChI=1S/C13H23N3/c1-10(2)16-8-7-13(15-16)9-14-11(3)12-5-4-6-12/h7-8,10-12,14H,4-6,9H2,1-3H3. The van der Waals surface area contributed by atoms with E-state index in [0.29, 0.717) is 12.1 Å². The van der Waals surface area contributed by atoms with Crippen LogP contribution in [0.5, 0.6) is 0 Å². The topological polar surface area (TPSA) is 29.9 Å². The lowest BCUT2D eigenvalue weighted by atomic mass is 9.80. The molecule has 3 heteroatoms. The molecule has 0 spiro atoms. The van der Waals surface area contributed by atoms with Crippen molar-refractivity contribution in [2.75, 3.05) is 0 Å². The average molecular weight is 221 g/mol. The molecule has 0 amide bonds. The molecule has 90 valence electrons. The number of aromatic nitrogens is 2. The van der Waals surface area contributed by atoms with Crippen molar-refractivity contribution in [3.63, 3.8) is 0 Å². The maximum absolute atomic E-state index is 4.54. The minimum Gasteiger partial charge on any atom is -0.308 e. The van der Waals surface area contributed by atoms with Gasteiger partial charge in [-0.05, 0) is 45.6 Å². The van der Waals surface area contributed by atoms with Crippen LogP contribution in [0.2, 0.25) is 0 Å². The predicted molar refractivity (Wildman–Crippen MR) is 66.3 cm³/mol. The molecule has 1 aromatic heterocycles. The maximum atomic E-state index is 4.54. The van der Waals surface area contributed by atoms with Gasteiger partial charge in [-0.3, -0.25) is 4.68 Å². The van der Waals surface area contributed by atoms with Crippen LogP contribution in [0, 0.1) is 5.92 Å². The quantitative estimate of drug-likeness (QED) is 0.828. The van der Waals surface area contributed by atoms with E-state index in [1.54, 1.807) is 0 Å². The molecule has 1 unspecified atom stereocenters. The van der Waals surface area contributed by atoms with Gasteiger partial charge < -0.3 is 5.32 Å². The third-order valence-corrected chi connectivity index (χ3v) is 3.65. The fourth-order valence-electron chi connectivity index (χ4n) is 2.13. The number of nitrogens with one attached hydrogen (secondary N) is 1. The van der Waals surface area contributed by atoms with Gasteiger partial charge in [-0.15, -0.1) is 0 Å². The molecule has 0 bridgehead atoms. The second kappa shape index (κ2) is 5.00. The number of rotatable bonds is 5. The van der Waals surface area contributed by atoms with E-state index >= 15 is 0 Å². The van der Waals surface area contributed by atoms with E-state index in [1.807, 2.05) is 4.68 Å². The fourth-order valence-corrected chi connectivity index (χ4v) is 2.13. The van der Waals surface area contributed by atoms with Crippen molar-refractivity contribution >= 4 is 0 Å². The molecule has 0 saturated heterocycles. The fraction of sp³-hybridized carbons (Fsp3) is 0.769. The maximum Gasteiger partial charge on any atom is 0.0762 e. The van der Waals surface area contributed by atoms with Crippen LogP contribution in [0.1, 0.15) is 51.8 Å². The molecule has 1 atom stereocenters. The van der Waals surface area contributed by atoms with Gasteiger partial charge in [0.25, 0.3) is 0 Å². The van der Waals surface area contributed by atoms with Gasteiger partial charge in [0.1, 0.15) is 0 Å². The third kappa shape index (κ3) is 2.64. The van der Waals surface area contributed by atoms with Gasteiger partial charge >= 0.3 is 0 Å². The molecule has 1 aliphatic rings. The van der Waals surface area contributed by atoms with Crippen molar-refractivity contribution in [3.05, 3.63) is 18.0 Å². The Balaban J connectivity index is 1.79. The van der Waals surface area contributed by atoms with Crippen LogP contribution in [0.4, 0.5) is 0 Å². The van der Waals surface area contributed by atoms with Crippen molar-refractivity contribution in [2.24, 2.45) is 5.92 Å². The summed E-state index contributed by atoms with van der Waals surface area (Å²) < 4.78 is 2.02. The highest BCUT2D eigenvalue weighted by molar-refractivity contribution is 4.99. The normalized spacial score (nSPS) is 18.8. The molecule has 1 N–H and O–H groups in total. The Bertz CT molecular complexity index is 326. The van der Waals surface area contributed by atoms with Crippen molar-refractivity contribution in [2.45, 2.75) is 58.7 Å². The van der Waals surface area contributed by atoms with E-state index in [1.165, 1.54) is 19.3 Å². The summed E-state index contributed by atoms with van der Waals surface area (Å²) in [5, 5.41) is 8.12. The molecule has 3 nitrogen and oxygen atoms in total. The van der Waals surface area contributed by atoms with Crippen LogP contribution >= 0.6 is 0 Å². The van der Waals surface area contributed by atoms with E-state index < -0.39 is 0 Å². The Kier molecular flexibility index (Phi) is 3.64. The van der Waals surface area contributed by atoms with Crippen molar-refractivity contribution in [1.82, 2.24) is 15.1 Å². The number of hydrogen-bond donors (Lipinski definition) is 1. The van der Waals surface area contributed by atoms with E-state index in [-0.39, 0.29) is 0 Å². The summed E-state index contributed by atoms with van der Waals surface area (Å²) in [6.07, 6.45) is 6.28. The summed E-state index contributed by atoms with van der Waals surface area (Å²) in [7, 11) is 0. The van der Waals surface area contributed by atoms with Gasteiger partial charge in [-0.2, -0.15) is 5.10 Å². The zero-order chi connectivity index (χ0) is 11.5. The average Bonchev–Trinajstić information content (AvgIpc) is 2.60. The van der Waals surface area contributed by atoms with Crippen molar-refractivity contribution in [1.29, 1.82) is 0 Å². The lowest BCUT2D eigenvalue weighted by Crippen LogP contribution is -2.36. The lowest BCUT2D eigenvalue weighted by molar-refractivity contribution is 0.239. The van der Waals surface area contributed by atoms with Gasteiger partial charge in [-0.25, -0.2) is 0 Å². The third-order valence-electron chi connectivity index (χ3n) is 3.65. The highest BCUT2D eigenvalue weighted by Gasteiger charge is 2.23. The molecule has 16 heavy (non-hydrogen) atoms. The summed E-state index contributed by atoms with van der Waals surface area (Å²) in [5.41, 5.74) is 1.15. The predicted octanol–water partition coefficient (Wildman–Crippen LogP) is 2.74. The number of hydrogen-bond acceptors (Lipinski definition) is 2. The molecule has 0 radical (unpaired) electrons. The first-order valence-corrected chi connectivity index (χ1v) is 6.44.